The number of carbonyl (C=O) groups excluding carboxylic acids is 1. The van der Waals surface area contributed by atoms with E-state index >= 15 is 0 Å². The van der Waals surface area contributed by atoms with Crippen LogP contribution >= 0.6 is 0 Å². The Bertz CT molecular complexity index is 423. The summed E-state index contributed by atoms with van der Waals surface area (Å²) < 4.78 is 30.2. The number of ether oxygens (including phenoxy) is 1. The SMILES string of the molecule is CCOC(=O)CC(O)C(O)c1ccc(F)c(F)c1. The standard InChI is InChI=1S/C12H14F2O4/c1-2-18-11(16)6-10(15)12(17)7-3-4-8(13)9(14)5-7/h3-5,10,12,15,17H,2,6H2,1H3. The number of halogens is 2. The zero-order chi connectivity index (χ0) is 13.7. The molecule has 0 fully saturated rings. The monoisotopic (exact) mass is 260 g/mol. The van der Waals surface area contributed by atoms with Gasteiger partial charge < -0.3 is 14.9 Å². The first kappa shape index (κ1) is 14.5. The molecule has 2 unspecified atom stereocenters. The van der Waals surface area contributed by atoms with E-state index in [1.807, 2.05) is 0 Å². The van der Waals surface area contributed by atoms with Crippen molar-refractivity contribution in [1.82, 2.24) is 0 Å². The number of hydrogen-bond acceptors (Lipinski definition) is 4. The predicted octanol–water partition coefficient (Wildman–Crippen LogP) is 1.31. The minimum absolute atomic E-state index is 0.00861. The summed E-state index contributed by atoms with van der Waals surface area (Å²) in [6, 6.07) is 2.75. The van der Waals surface area contributed by atoms with Crippen molar-refractivity contribution in [2.45, 2.75) is 25.6 Å². The predicted molar refractivity (Wildman–Crippen MR) is 58.6 cm³/mol. The lowest BCUT2D eigenvalue weighted by molar-refractivity contribution is -0.147. The average molecular weight is 260 g/mol. The zero-order valence-electron chi connectivity index (χ0n) is 9.77. The normalized spacial score (nSPS) is 14.1. The Morgan fingerprint density at radius 3 is 2.56 bits per heavy atom. The van der Waals surface area contributed by atoms with E-state index in [0.29, 0.717) is 0 Å². The van der Waals surface area contributed by atoms with E-state index in [1.165, 1.54) is 0 Å². The molecule has 0 aromatic heterocycles. The molecule has 1 aromatic carbocycles. The second-order valence-electron chi connectivity index (χ2n) is 3.69. The van der Waals surface area contributed by atoms with E-state index in [9.17, 15) is 23.8 Å². The highest BCUT2D eigenvalue weighted by Gasteiger charge is 2.22. The van der Waals surface area contributed by atoms with Crippen molar-refractivity contribution in [3.8, 4) is 0 Å². The fraction of sp³-hybridized carbons (Fsp3) is 0.417. The number of benzene rings is 1. The minimum atomic E-state index is -1.48. The molecular formula is C12H14F2O4. The van der Waals surface area contributed by atoms with Crippen LogP contribution in [0.1, 0.15) is 25.0 Å². The number of esters is 1. The molecule has 0 bridgehead atoms. The van der Waals surface area contributed by atoms with Crippen molar-refractivity contribution >= 4 is 5.97 Å². The molecule has 0 heterocycles. The molecule has 0 spiro atoms. The van der Waals surface area contributed by atoms with Gasteiger partial charge in [-0.3, -0.25) is 4.79 Å². The van der Waals surface area contributed by atoms with Crippen LogP contribution in [0, 0.1) is 11.6 Å². The molecule has 2 atom stereocenters. The maximum Gasteiger partial charge on any atom is 0.308 e. The Hall–Kier alpha value is -1.53. The molecule has 0 saturated carbocycles. The summed E-state index contributed by atoms with van der Waals surface area (Å²) in [5.74, 6) is -2.85. The van der Waals surface area contributed by atoms with E-state index in [4.69, 9.17) is 0 Å². The van der Waals surface area contributed by atoms with Crippen LogP contribution < -0.4 is 0 Å². The maximum atomic E-state index is 12.9. The van der Waals surface area contributed by atoms with Crippen molar-refractivity contribution in [2.75, 3.05) is 6.61 Å². The highest BCUT2D eigenvalue weighted by atomic mass is 19.2. The van der Waals surface area contributed by atoms with Crippen LogP contribution in [-0.2, 0) is 9.53 Å². The first-order valence-electron chi connectivity index (χ1n) is 5.42. The summed E-state index contributed by atoms with van der Waals surface area (Å²) in [6.45, 7) is 1.77. The second-order valence-corrected chi connectivity index (χ2v) is 3.69. The van der Waals surface area contributed by atoms with Gasteiger partial charge in [0.1, 0.15) is 6.10 Å². The van der Waals surface area contributed by atoms with Crippen molar-refractivity contribution in [3.05, 3.63) is 35.4 Å². The van der Waals surface area contributed by atoms with Gasteiger partial charge in [-0.2, -0.15) is 0 Å². The summed E-state index contributed by atoms with van der Waals surface area (Å²) >= 11 is 0. The molecular weight excluding hydrogens is 246 g/mol. The molecule has 0 aliphatic rings. The Morgan fingerprint density at radius 2 is 2.00 bits per heavy atom. The molecule has 0 amide bonds. The third kappa shape index (κ3) is 3.75. The highest BCUT2D eigenvalue weighted by Crippen LogP contribution is 2.21. The van der Waals surface area contributed by atoms with Gasteiger partial charge in [-0.1, -0.05) is 6.07 Å². The summed E-state index contributed by atoms with van der Waals surface area (Å²) in [7, 11) is 0. The molecule has 1 aromatic rings. The third-order valence-corrected chi connectivity index (χ3v) is 2.33. The van der Waals surface area contributed by atoms with Crippen molar-refractivity contribution in [2.24, 2.45) is 0 Å². The topological polar surface area (TPSA) is 66.8 Å². The van der Waals surface area contributed by atoms with Gasteiger partial charge in [0.2, 0.25) is 0 Å². The Kier molecular flexibility index (Phi) is 5.18. The van der Waals surface area contributed by atoms with E-state index in [0.717, 1.165) is 18.2 Å². The largest absolute Gasteiger partial charge is 0.466 e. The van der Waals surface area contributed by atoms with Crippen LogP contribution in [0.2, 0.25) is 0 Å². The van der Waals surface area contributed by atoms with Gasteiger partial charge in [-0.15, -0.1) is 0 Å². The van der Waals surface area contributed by atoms with Gasteiger partial charge in [-0.25, -0.2) is 8.78 Å². The molecule has 0 aliphatic heterocycles. The Labute approximate surface area is 103 Å². The first-order valence-corrected chi connectivity index (χ1v) is 5.42. The van der Waals surface area contributed by atoms with Crippen LogP contribution in [0.25, 0.3) is 0 Å². The Morgan fingerprint density at radius 1 is 1.33 bits per heavy atom. The lowest BCUT2D eigenvalue weighted by atomic mass is 10.0. The fourth-order valence-corrected chi connectivity index (χ4v) is 1.42. The van der Waals surface area contributed by atoms with Gasteiger partial charge in [0.15, 0.2) is 11.6 Å². The molecule has 100 valence electrons. The van der Waals surface area contributed by atoms with Gasteiger partial charge in [0.05, 0.1) is 19.1 Å². The van der Waals surface area contributed by atoms with Crippen LogP contribution in [0.4, 0.5) is 8.78 Å². The van der Waals surface area contributed by atoms with Crippen molar-refractivity contribution in [3.63, 3.8) is 0 Å². The van der Waals surface area contributed by atoms with E-state index in [-0.39, 0.29) is 12.2 Å². The van der Waals surface area contributed by atoms with E-state index in [2.05, 4.69) is 4.74 Å². The second kappa shape index (κ2) is 6.42. The minimum Gasteiger partial charge on any atom is -0.466 e. The number of hydrogen-bond donors (Lipinski definition) is 2. The molecule has 6 heteroatoms. The molecule has 1 rings (SSSR count). The van der Waals surface area contributed by atoms with Crippen molar-refractivity contribution < 1.29 is 28.5 Å². The van der Waals surface area contributed by atoms with Crippen LogP contribution in [0.5, 0.6) is 0 Å². The molecule has 0 saturated heterocycles. The summed E-state index contributed by atoms with van der Waals surface area (Å²) in [5, 5.41) is 19.2. The average Bonchev–Trinajstić information content (AvgIpc) is 2.32. The number of aliphatic hydroxyl groups excluding tert-OH is 2. The molecule has 4 nitrogen and oxygen atoms in total. The smallest absolute Gasteiger partial charge is 0.308 e. The number of carbonyl (C=O) groups is 1. The Balaban J connectivity index is 2.70. The van der Waals surface area contributed by atoms with Crippen LogP contribution in [0.15, 0.2) is 18.2 Å². The molecule has 0 aliphatic carbocycles. The van der Waals surface area contributed by atoms with Crippen molar-refractivity contribution in [1.29, 1.82) is 0 Å². The third-order valence-electron chi connectivity index (χ3n) is 2.33. The highest BCUT2D eigenvalue weighted by molar-refractivity contribution is 5.70. The maximum absolute atomic E-state index is 12.9. The zero-order valence-corrected chi connectivity index (χ0v) is 9.77. The quantitative estimate of drug-likeness (QED) is 0.783. The van der Waals surface area contributed by atoms with Gasteiger partial charge in [0, 0.05) is 0 Å². The van der Waals surface area contributed by atoms with Gasteiger partial charge in [0.25, 0.3) is 0 Å². The van der Waals surface area contributed by atoms with Gasteiger partial charge >= 0.3 is 5.97 Å². The number of rotatable bonds is 5. The van der Waals surface area contributed by atoms with Gasteiger partial charge in [-0.05, 0) is 24.6 Å². The molecule has 0 radical (unpaired) electrons. The fourth-order valence-electron chi connectivity index (χ4n) is 1.42. The number of aliphatic hydroxyl groups is 2. The lowest BCUT2D eigenvalue weighted by Gasteiger charge is -2.17. The summed E-state index contributed by atoms with van der Waals surface area (Å²) in [6.07, 6.45) is -3.34. The lowest BCUT2D eigenvalue weighted by Crippen LogP contribution is -2.23. The summed E-state index contributed by atoms with van der Waals surface area (Å²) in [4.78, 5) is 11.1. The first-order chi connectivity index (χ1) is 8.45. The van der Waals surface area contributed by atoms with E-state index < -0.39 is 36.2 Å². The molecule has 2 N–H and O–H groups in total. The molecule has 18 heavy (non-hydrogen) atoms. The van der Waals surface area contributed by atoms with Crippen LogP contribution in [0.3, 0.4) is 0 Å². The van der Waals surface area contributed by atoms with E-state index in [1.54, 1.807) is 6.92 Å². The summed E-state index contributed by atoms with van der Waals surface area (Å²) in [5.41, 5.74) is -0.00861. The van der Waals surface area contributed by atoms with Crippen LogP contribution in [-0.4, -0.2) is 28.9 Å².